The Labute approximate surface area is 193 Å². The number of pyridine rings is 1. The number of nitrogens with one attached hydrogen (secondary N) is 1. The van der Waals surface area contributed by atoms with Crippen molar-refractivity contribution in [3.8, 4) is 5.88 Å². The van der Waals surface area contributed by atoms with Crippen molar-refractivity contribution in [2.45, 2.75) is 44.7 Å². The Balaban J connectivity index is 1.54. The summed E-state index contributed by atoms with van der Waals surface area (Å²) >= 11 is 0. The third-order valence-corrected chi connectivity index (χ3v) is 7.00. The molecule has 0 atom stereocenters. The molecule has 0 saturated carbocycles. The van der Waals surface area contributed by atoms with Crippen LogP contribution in [-0.2, 0) is 26.1 Å². The maximum Gasteiger partial charge on any atom is 0.374 e. The second-order valence-electron chi connectivity index (χ2n) is 7.55. The highest BCUT2D eigenvalue weighted by Crippen LogP contribution is 2.26. The molecule has 1 saturated heterocycles. The predicted molar refractivity (Wildman–Crippen MR) is 118 cm³/mol. The fraction of sp³-hybridized carbons (Fsp3) is 0.500. The lowest BCUT2D eigenvalue weighted by Gasteiger charge is -2.29. The molecule has 0 aromatic carbocycles. The number of hydrogen-bond acceptors (Lipinski definition) is 8. The lowest BCUT2D eigenvalue weighted by molar-refractivity contribution is -0.126. The number of hydrogen-bond donors (Lipinski definition) is 1. The van der Waals surface area contributed by atoms with E-state index in [0.29, 0.717) is 25.3 Å². The van der Waals surface area contributed by atoms with Crippen LogP contribution in [0.25, 0.3) is 0 Å². The highest BCUT2D eigenvalue weighted by Gasteiger charge is 2.34. The van der Waals surface area contributed by atoms with Gasteiger partial charge in [0, 0.05) is 37.3 Å². The monoisotopic (exact) mass is 479 g/mol. The zero-order chi connectivity index (χ0) is 23.8. The summed E-state index contributed by atoms with van der Waals surface area (Å²) in [4.78, 5) is 28.6. The smallest absolute Gasteiger partial charge is 0.374 e. The lowest BCUT2D eigenvalue weighted by atomic mass is 9.97. The highest BCUT2D eigenvalue weighted by molar-refractivity contribution is 7.89. The van der Waals surface area contributed by atoms with E-state index >= 15 is 0 Å². The molecule has 2 aromatic rings. The minimum Gasteiger partial charge on any atom is -0.477 e. The first kappa shape index (κ1) is 24.7. The SMILES string of the molecule is CCCOc1ncccc1CNC(=O)C1CCN(S(=O)(=O)c2ccc(C(=O)OCC)o2)CC1. The minimum atomic E-state index is -3.91. The van der Waals surface area contributed by atoms with Crippen molar-refractivity contribution in [2.24, 2.45) is 5.92 Å². The summed E-state index contributed by atoms with van der Waals surface area (Å²) in [5, 5.41) is 2.59. The van der Waals surface area contributed by atoms with Gasteiger partial charge in [0.1, 0.15) is 0 Å². The molecule has 10 nitrogen and oxygen atoms in total. The van der Waals surface area contributed by atoms with Gasteiger partial charge in [-0.15, -0.1) is 0 Å². The maximum atomic E-state index is 12.9. The van der Waals surface area contributed by atoms with Crippen molar-refractivity contribution in [3.63, 3.8) is 0 Å². The van der Waals surface area contributed by atoms with Crippen LogP contribution in [-0.4, -0.2) is 55.9 Å². The zero-order valence-corrected chi connectivity index (χ0v) is 19.6. The third-order valence-electron chi connectivity index (χ3n) is 5.22. The summed E-state index contributed by atoms with van der Waals surface area (Å²) in [7, 11) is -3.91. The molecule has 33 heavy (non-hydrogen) atoms. The summed E-state index contributed by atoms with van der Waals surface area (Å²) in [5.41, 5.74) is 0.787. The van der Waals surface area contributed by atoms with E-state index in [1.165, 1.54) is 16.4 Å². The Morgan fingerprint density at radius 3 is 2.67 bits per heavy atom. The van der Waals surface area contributed by atoms with Gasteiger partial charge >= 0.3 is 5.97 Å². The molecule has 1 aliphatic heterocycles. The normalized spacial score (nSPS) is 15.2. The van der Waals surface area contributed by atoms with Crippen LogP contribution >= 0.6 is 0 Å². The van der Waals surface area contributed by atoms with E-state index in [1.807, 2.05) is 13.0 Å². The molecule has 0 spiro atoms. The number of aromatic nitrogens is 1. The van der Waals surface area contributed by atoms with Crippen molar-refractivity contribution >= 4 is 21.9 Å². The van der Waals surface area contributed by atoms with E-state index in [0.717, 1.165) is 12.0 Å². The molecule has 0 aliphatic carbocycles. The van der Waals surface area contributed by atoms with E-state index in [4.69, 9.17) is 13.9 Å². The van der Waals surface area contributed by atoms with Crippen molar-refractivity contribution in [1.29, 1.82) is 0 Å². The summed E-state index contributed by atoms with van der Waals surface area (Å²) in [5.74, 6) is -0.825. The van der Waals surface area contributed by atoms with Crippen LogP contribution in [0.2, 0.25) is 0 Å². The van der Waals surface area contributed by atoms with Gasteiger partial charge in [-0.2, -0.15) is 4.31 Å². The fourth-order valence-electron chi connectivity index (χ4n) is 3.47. The maximum absolute atomic E-state index is 12.9. The minimum absolute atomic E-state index is 0.139. The number of amides is 1. The number of nitrogens with zero attached hydrogens (tertiary/aromatic N) is 2. The Hall–Kier alpha value is -2.92. The molecule has 0 unspecified atom stereocenters. The van der Waals surface area contributed by atoms with Gasteiger partial charge in [0.05, 0.1) is 13.2 Å². The molecular formula is C22H29N3O7S. The van der Waals surface area contributed by atoms with Crippen LogP contribution in [0.3, 0.4) is 0 Å². The Bertz CT molecular complexity index is 1060. The summed E-state index contributed by atoms with van der Waals surface area (Å²) in [6.07, 6.45) is 3.25. The van der Waals surface area contributed by atoms with Gasteiger partial charge in [-0.3, -0.25) is 4.79 Å². The standard InChI is InChI=1S/C22H29N3O7S/c1-3-14-31-21-17(6-5-11-23-21)15-24-20(26)16-9-12-25(13-10-16)33(28,29)19-8-7-18(32-19)22(27)30-4-2/h5-8,11,16H,3-4,9-10,12-15H2,1-2H3,(H,24,26). The van der Waals surface area contributed by atoms with Crippen LogP contribution in [0.4, 0.5) is 0 Å². The van der Waals surface area contributed by atoms with E-state index in [2.05, 4.69) is 10.3 Å². The largest absolute Gasteiger partial charge is 0.477 e. The number of ether oxygens (including phenoxy) is 2. The predicted octanol–water partition coefficient (Wildman–Crippen LogP) is 2.36. The van der Waals surface area contributed by atoms with Gasteiger partial charge in [-0.05, 0) is 44.4 Å². The first-order chi connectivity index (χ1) is 15.9. The molecule has 1 fully saturated rings. The second kappa shape index (κ2) is 11.3. The van der Waals surface area contributed by atoms with Crippen LogP contribution in [0.15, 0.2) is 40.0 Å². The van der Waals surface area contributed by atoms with Crippen LogP contribution in [0.1, 0.15) is 49.2 Å². The van der Waals surface area contributed by atoms with Crippen molar-refractivity contribution in [2.75, 3.05) is 26.3 Å². The number of piperidine rings is 1. The Kier molecular flexibility index (Phi) is 8.45. The highest BCUT2D eigenvalue weighted by atomic mass is 32.2. The Morgan fingerprint density at radius 1 is 1.21 bits per heavy atom. The molecular weight excluding hydrogens is 450 g/mol. The first-order valence-electron chi connectivity index (χ1n) is 11.0. The molecule has 180 valence electrons. The number of carbonyl (C=O) groups excluding carboxylic acids is 2. The number of esters is 1. The molecule has 3 rings (SSSR count). The van der Waals surface area contributed by atoms with Gasteiger partial charge in [0.2, 0.25) is 22.6 Å². The number of carbonyl (C=O) groups is 2. The van der Waals surface area contributed by atoms with Crippen LogP contribution < -0.4 is 10.1 Å². The Morgan fingerprint density at radius 2 is 1.97 bits per heavy atom. The van der Waals surface area contributed by atoms with E-state index in [9.17, 15) is 18.0 Å². The van der Waals surface area contributed by atoms with Gasteiger partial charge in [0.15, 0.2) is 0 Å². The van der Waals surface area contributed by atoms with Crippen molar-refractivity contribution in [3.05, 3.63) is 41.8 Å². The molecule has 1 aliphatic rings. The number of furan rings is 1. The average molecular weight is 480 g/mol. The van der Waals surface area contributed by atoms with Gasteiger partial charge in [-0.25, -0.2) is 18.2 Å². The number of sulfonamides is 1. The van der Waals surface area contributed by atoms with Gasteiger partial charge in [-0.1, -0.05) is 13.0 Å². The molecule has 2 aromatic heterocycles. The average Bonchev–Trinajstić information content (AvgIpc) is 3.33. The van der Waals surface area contributed by atoms with Crippen LogP contribution in [0, 0.1) is 5.92 Å². The molecule has 3 heterocycles. The molecule has 0 bridgehead atoms. The summed E-state index contributed by atoms with van der Waals surface area (Å²) < 4.78 is 42.6. The van der Waals surface area contributed by atoms with E-state index < -0.39 is 16.0 Å². The van der Waals surface area contributed by atoms with Gasteiger partial charge in [0.25, 0.3) is 10.0 Å². The fourth-order valence-corrected chi connectivity index (χ4v) is 4.85. The first-order valence-corrected chi connectivity index (χ1v) is 12.4. The van der Waals surface area contributed by atoms with Crippen LogP contribution in [0.5, 0.6) is 5.88 Å². The quantitative estimate of drug-likeness (QED) is 0.515. The second-order valence-corrected chi connectivity index (χ2v) is 9.42. The lowest BCUT2D eigenvalue weighted by Crippen LogP contribution is -2.42. The van der Waals surface area contributed by atoms with Crippen molar-refractivity contribution < 1.29 is 31.9 Å². The number of rotatable bonds is 10. The molecule has 1 amide bonds. The van der Waals surface area contributed by atoms with Gasteiger partial charge < -0.3 is 19.2 Å². The zero-order valence-electron chi connectivity index (χ0n) is 18.8. The summed E-state index contributed by atoms with van der Waals surface area (Å²) in [6, 6.07) is 6.15. The van der Waals surface area contributed by atoms with E-state index in [-0.39, 0.29) is 48.9 Å². The molecule has 11 heteroatoms. The molecule has 1 N–H and O–H groups in total. The topological polar surface area (TPSA) is 128 Å². The van der Waals surface area contributed by atoms with E-state index in [1.54, 1.807) is 19.2 Å². The summed E-state index contributed by atoms with van der Waals surface area (Å²) in [6.45, 7) is 4.98. The third kappa shape index (κ3) is 6.11. The van der Waals surface area contributed by atoms with Crippen molar-refractivity contribution in [1.82, 2.24) is 14.6 Å². The molecule has 0 radical (unpaired) electrons.